The predicted molar refractivity (Wildman–Crippen MR) is 207 cm³/mol. The number of nitrogens with one attached hydrogen (secondary N) is 1. The third kappa shape index (κ3) is 6.84. The Morgan fingerprint density at radius 3 is 2.27 bits per heavy atom. The Labute approximate surface area is 324 Å². The Morgan fingerprint density at radius 2 is 1.52 bits per heavy atom. The lowest BCUT2D eigenvalue weighted by Crippen LogP contribution is -2.52. The number of phenolic OH excluding ortho intramolecular Hbond substituents is 1. The van der Waals surface area contributed by atoms with Crippen molar-refractivity contribution in [1.29, 1.82) is 0 Å². The van der Waals surface area contributed by atoms with Crippen molar-refractivity contribution in [3.8, 4) is 11.5 Å². The molecule has 3 fully saturated rings. The number of imide groups is 1. The number of hydrogen-bond donors (Lipinski definition) is 2. The highest BCUT2D eigenvalue weighted by atomic mass is 19.1. The second-order valence-electron chi connectivity index (χ2n) is 15.8. The van der Waals surface area contributed by atoms with Crippen molar-refractivity contribution in [1.82, 2.24) is 15.1 Å². The van der Waals surface area contributed by atoms with E-state index in [1.165, 1.54) is 11.0 Å². The Hall–Kier alpha value is -5.49. The van der Waals surface area contributed by atoms with Gasteiger partial charge in [-0.25, -0.2) is 8.78 Å². The second-order valence-corrected chi connectivity index (χ2v) is 15.8. The minimum atomic E-state index is -0.735. The van der Waals surface area contributed by atoms with Gasteiger partial charge >= 0.3 is 0 Å². The van der Waals surface area contributed by atoms with Crippen LogP contribution in [0.3, 0.4) is 0 Å². The first-order valence-electron chi connectivity index (χ1n) is 19.7. The average Bonchev–Trinajstić information content (AvgIpc) is 3.52. The molecule has 1 unspecified atom stereocenters. The number of carbonyl (C=O) groups excluding carboxylic acids is 3. The number of rotatable bonds is 7. The van der Waals surface area contributed by atoms with E-state index in [1.54, 1.807) is 24.3 Å². The van der Waals surface area contributed by atoms with Crippen molar-refractivity contribution in [2.45, 2.75) is 50.1 Å². The number of amides is 3. The van der Waals surface area contributed by atoms with Crippen LogP contribution in [-0.4, -0.2) is 91.1 Å². The molecule has 0 spiro atoms. The highest BCUT2D eigenvalue weighted by Gasteiger charge is 2.40. The number of phenols is 1. The van der Waals surface area contributed by atoms with E-state index in [0.29, 0.717) is 48.3 Å². The summed E-state index contributed by atoms with van der Waals surface area (Å²) < 4.78 is 37.6. The first kappa shape index (κ1) is 36.2. The number of piperidine rings is 2. The van der Waals surface area contributed by atoms with Crippen LogP contribution < -0.4 is 19.9 Å². The summed E-state index contributed by atoms with van der Waals surface area (Å²) in [5.41, 5.74) is 5.00. The Balaban J connectivity index is 0.804. The number of nitrogens with zero attached hydrogens (tertiary/aromatic N) is 4. The molecule has 9 rings (SSSR count). The predicted octanol–water partition coefficient (Wildman–Crippen LogP) is 5.78. The summed E-state index contributed by atoms with van der Waals surface area (Å²) >= 11 is 0. The molecule has 12 heteroatoms. The van der Waals surface area contributed by atoms with Gasteiger partial charge in [0.1, 0.15) is 29.2 Å². The summed E-state index contributed by atoms with van der Waals surface area (Å²) in [6, 6.07) is 23.3. The molecule has 4 aromatic carbocycles. The molecule has 56 heavy (non-hydrogen) atoms. The second kappa shape index (κ2) is 14.9. The van der Waals surface area contributed by atoms with Gasteiger partial charge in [-0.05, 0) is 72.2 Å². The smallest absolute Gasteiger partial charge is 0.255 e. The van der Waals surface area contributed by atoms with Gasteiger partial charge in [-0.1, -0.05) is 42.5 Å². The third-order valence-corrected chi connectivity index (χ3v) is 12.5. The van der Waals surface area contributed by atoms with Crippen LogP contribution in [0.15, 0.2) is 78.9 Å². The number of ether oxygens (including phenoxy) is 1. The molecular weight excluding hydrogens is 717 g/mol. The zero-order valence-corrected chi connectivity index (χ0v) is 31.1. The maximum Gasteiger partial charge on any atom is 0.255 e. The van der Waals surface area contributed by atoms with Gasteiger partial charge in [0.05, 0.1) is 18.0 Å². The largest absolute Gasteiger partial charge is 0.508 e. The molecule has 3 saturated heterocycles. The number of fused-ring (bicyclic) bond motifs is 2. The van der Waals surface area contributed by atoms with Gasteiger partial charge < -0.3 is 24.5 Å². The van der Waals surface area contributed by atoms with E-state index in [2.05, 4.69) is 27.2 Å². The van der Waals surface area contributed by atoms with Gasteiger partial charge in [0.2, 0.25) is 11.8 Å². The summed E-state index contributed by atoms with van der Waals surface area (Å²) in [6.45, 7) is 5.99. The SMILES string of the molecule is O=C1CCC(N2Cc3cc(N4CCN(CC5CCN(c6ccc([C@@H]7c8ccc(O)cc8OC[C@@H]7c7ccccc7)cc6F)CC5)CC4)c(F)cc3C2=O)C(=O)N1. The highest BCUT2D eigenvalue weighted by molar-refractivity contribution is 6.05. The maximum absolute atomic E-state index is 16.1. The molecular formula is C44H45F2N5O5. The lowest BCUT2D eigenvalue weighted by atomic mass is 9.76. The molecule has 4 aromatic rings. The Bertz CT molecular complexity index is 2170. The number of hydrogen-bond acceptors (Lipinski definition) is 8. The number of aromatic hydroxyl groups is 1. The van der Waals surface area contributed by atoms with E-state index < -0.39 is 17.8 Å². The first-order valence-corrected chi connectivity index (χ1v) is 19.7. The van der Waals surface area contributed by atoms with Crippen LogP contribution >= 0.6 is 0 Å². The number of carbonyl (C=O) groups is 3. The summed E-state index contributed by atoms with van der Waals surface area (Å²) in [4.78, 5) is 45.3. The summed E-state index contributed by atoms with van der Waals surface area (Å²) in [5, 5.41) is 12.4. The molecule has 3 atom stereocenters. The van der Waals surface area contributed by atoms with Crippen LogP contribution in [0.5, 0.6) is 11.5 Å². The molecule has 0 aliphatic carbocycles. The quantitative estimate of drug-likeness (QED) is 0.229. The summed E-state index contributed by atoms with van der Waals surface area (Å²) in [5.74, 6) is -0.778. The van der Waals surface area contributed by atoms with Gasteiger partial charge in [-0.3, -0.25) is 24.6 Å². The number of piperazine rings is 1. The van der Waals surface area contributed by atoms with Gasteiger partial charge in [0.25, 0.3) is 5.91 Å². The lowest BCUT2D eigenvalue weighted by molar-refractivity contribution is -0.136. The number of anilines is 2. The average molecular weight is 762 g/mol. The van der Waals surface area contributed by atoms with Crippen LogP contribution in [-0.2, 0) is 16.1 Å². The van der Waals surface area contributed by atoms with E-state index in [4.69, 9.17) is 4.74 Å². The Kier molecular flexibility index (Phi) is 9.60. The monoisotopic (exact) mass is 761 g/mol. The van der Waals surface area contributed by atoms with Gasteiger partial charge in [0, 0.05) is 87.8 Å². The van der Waals surface area contributed by atoms with Crippen molar-refractivity contribution in [2.24, 2.45) is 5.92 Å². The van der Waals surface area contributed by atoms with Crippen LogP contribution in [0.2, 0.25) is 0 Å². The van der Waals surface area contributed by atoms with Crippen molar-refractivity contribution in [3.05, 3.63) is 118 Å². The van der Waals surface area contributed by atoms with Crippen molar-refractivity contribution < 1.29 is 33.0 Å². The molecule has 2 N–H and O–H groups in total. The van der Waals surface area contributed by atoms with Gasteiger partial charge in [-0.15, -0.1) is 0 Å². The van der Waals surface area contributed by atoms with E-state index in [-0.39, 0.29) is 60.2 Å². The van der Waals surface area contributed by atoms with Crippen LogP contribution in [0.25, 0.3) is 0 Å². The minimum absolute atomic E-state index is 0.00738. The fraction of sp³-hybridized carbons (Fsp3) is 0.386. The van der Waals surface area contributed by atoms with Crippen LogP contribution in [0.1, 0.15) is 70.1 Å². The van der Waals surface area contributed by atoms with Crippen molar-refractivity contribution >= 4 is 29.1 Å². The molecule has 5 aliphatic heterocycles. The van der Waals surface area contributed by atoms with E-state index in [9.17, 15) is 19.5 Å². The molecule has 0 radical (unpaired) electrons. The fourth-order valence-electron chi connectivity index (χ4n) is 9.48. The molecule has 0 saturated carbocycles. The number of halogens is 2. The van der Waals surface area contributed by atoms with Crippen molar-refractivity contribution in [2.75, 3.05) is 62.2 Å². The van der Waals surface area contributed by atoms with Crippen LogP contribution in [0, 0.1) is 17.6 Å². The maximum atomic E-state index is 16.1. The lowest BCUT2D eigenvalue weighted by Gasteiger charge is -2.40. The first-order chi connectivity index (χ1) is 27.2. The molecule has 5 heterocycles. The zero-order chi connectivity index (χ0) is 38.5. The molecule has 0 aromatic heterocycles. The van der Waals surface area contributed by atoms with Crippen LogP contribution in [0.4, 0.5) is 20.2 Å². The fourth-order valence-corrected chi connectivity index (χ4v) is 9.48. The van der Waals surface area contributed by atoms with E-state index in [0.717, 1.165) is 62.3 Å². The Morgan fingerprint density at radius 1 is 0.768 bits per heavy atom. The zero-order valence-electron chi connectivity index (χ0n) is 31.1. The topological polar surface area (TPSA) is 106 Å². The van der Waals surface area contributed by atoms with E-state index in [1.807, 2.05) is 41.3 Å². The highest BCUT2D eigenvalue weighted by Crippen LogP contribution is 2.47. The minimum Gasteiger partial charge on any atom is -0.508 e. The standard InChI is InChI=1S/C44H45F2N5O5/c45-35-20-29(42-32-8-7-31(52)22-40(32)56-26-34(42)28-4-2-1-3-5-28)6-9-37(35)49-14-12-27(13-15-49)24-48-16-18-50(19-17-48)39-21-30-25-51(44(55)33(30)23-36(39)46)38-10-11-41(53)47-43(38)54/h1-9,20-23,27,34,38,42,52H,10-19,24-26H2,(H,47,53,54)/t34-,38?,42-/m1/s1. The van der Waals surface area contributed by atoms with Gasteiger partial charge in [0.15, 0.2) is 0 Å². The molecule has 3 amide bonds. The molecule has 10 nitrogen and oxygen atoms in total. The van der Waals surface area contributed by atoms with E-state index >= 15 is 8.78 Å². The van der Waals surface area contributed by atoms with Gasteiger partial charge in [-0.2, -0.15) is 0 Å². The normalized spacial score (nSPS) is 23.1. The van der Waals surface area contributed by atoms with Crippen molar-refractivity contribution in [3.63, 3.8) is 0 Å². The molecule has 290 valence electrons. The molecule has 5 aliphatic rings. The third-order valence-electron chi connectivity index (χ3n) is 12.5. The molecule has 0 bridgehead atoms. The summed E-state index contributed by atoms with van der Waals surface area (Å²) in [6.07, 6.45) is 2.34. The number of benzene rings is 4. The summed E-state index contributed by atoms with van der Waals surface area (Å²) in [7, 11) is 0.